The predicted molar refractivity (Wildman–Crippen MR) is 186 cm³/mol. The second kappa shape index (κ2) is 15.5. The lowest BCUT2D eigenvalue weighted by molar-refractivity contribution is -0.116. The standard InChI is InChI=1S/C34H44Cl2F2N2O6Si/c1-19(2)26(18-46-47(8,9)34(3,4)5)40-17-23(33(43)45-7)32(42)22-14-20(27(44-6)16-25(22)40)13-21-15-24(31(38)29(36)30(21)37)39-28(41)11-10-12-35/h14-17,19,26H,10-13,18H2,1-9H3,(H,39,41)/t26-/m1/s1. The number of hydrogen-bond acceptors (Lipinski definition) is 6. The zero-order valence-electron chi connectivity index (χ0n) is 28.4. The molecule has 3 aromatic rings. The fraction of sp³-hybridized carbons (Fsp3) is 0.500. The highest BCUT2D eigenvalue weighted by Gasteiger charge is 2.38. The number of carbonyl (C=O) groups excluding carboxylic acids is 2. The Balaban J connectivity index is 2.24. The van der Waals surface area contributed by atoms with Crippen molar-refractivity contribution in [2.24, 2.45) is 5.92 Å². The number of carbonyl (C=O) groups is 2. The van der Waals surface area contributed by atoms with Gasteiger partial charge in [-0.15, -0.1) is 11.6 Å². The molecule has 2 aromatic carbocycles. The molecular weight excluding hydrogens is 669 g/mol. The average Bonchev–Trinajstić information content (AvgIpc) is 3.00. The molecule has 47 heavy (non-hydrogen) atoms. The van der Waals surface area contributed by atoms with E-state index in [2.05, 4.69) is 39.2 Å². The predicted octanol–water partition coefficient (Wildman–Crippen LogP) is 8.50. The summed E-state index contributed by atoms with van der Waals surface area (Å²) in [7, 11) is 0.465. The van der Waals surface area contributed by atoms with Crippen LogP contribution in [0, 0.1) is 17.6 Å². The molecule has 1 N–H and O–H groups in total. The monoisotopic (exact) mass is 712 g/mol. The Hall–Kier alpha value is -2.99. The molecule has 0 aliphatic heterocycles. The van der Waals surface area contributed by atoms with Crippen LogP contribution in [-0.2, 0) is 20.4 Å². The third kappa shape index (κ3) is 8.54. The SMILES string of the molecule is COC(=O)c1cn([C@H](CO[Si](C)(C)C(C)(C)C)C(C)C)c2cc(OC)c(Cc3cc(NC(=O)CCCCl)c(F)c(Cl)c3F)cc2c1=O. The van der Waals surface area contributed by atoms with E-state index in [1.165, 1.54) is 26.5 Å². The van der Waals surface area contributed by atoms with Gasteiger partial charge in [-0.3, -0.25) is 9.59 Å². The number of hydrogen-bond donors (Lipinski definition) is 1. The van der Waals surface area contributed by atoms with Gasteiger partial charge in [0.15, 0.2) is 14.1 Å². The maximum absolute atomic E-state index is 15.4. The molecular formula is C34H44Cl2F2N2O6Si. The van der Waals surface area contributed by atoms with Crippen LogP contribution >= 0.6 is 23.2 Å². The molecule has 0 spiro atoms. The number of benzene rings is 2. The van der Waals surface area contributed by atoms with E-state index in [4.69, 9.17) is 37.1 Å². The van der Waals surface area contributed by atoms with E-state index in [0.717, 1.165) is 6.07 Å². The molecule has 0 saturated carbocycles. The number of anilines is 1. The number of rotatable bonds is 13. The Labute approximate surface area is 285 Å². The molecule has 3 rings (SSSR count). The summed E-state index contributed by atoms with van der Waals surface area (Å²) < 4.78 is 49.3. The Bertz CT molecular complexity index is 1710. The highest BCUT2D eigenvalue weighted by Crippen LogP contribution is 2.38. The van der Waals surface area contributed by atoms with Crippen LogP contribution in [0.4, 0.5) is 14.5 Å². The van der Waals surface area contributed by atoms with Crippen molar-refractivity contribution in [2.45, 2.75) is 78.1 Å². The minimum Gasteiger partial charge on any atom is -0.496 e. The molecule has 0 radical (unpaired) electrons. The van der Waals surface area contributed by atoms with E-state index in [9.17, 15) is 18.8 Å². The van der Waals surface area contributed by atoms with Gasteiger partial charge in [0.25, 0.3) is 0 Å². The number of fused-ring (bicyclic) bond motifs is 1. The van der Waals surface area contributed by atoms with Crippen LogP contribution in [0.25, 0.3) is 10.9 Å². The molecule has 8 nitrogen and oxygen atoms in total. The average molecular weight is 714 g/mol. The Kier molecular flexibility index (Phi) is 12.7. The summed E-state index contributed by atoms with van der Waals surface area (Å²) in [6.07, 6.45) is 1.72. The fourth-order valence-corrected chi connectivity index (χ4v) is 6.28. The Morgan fingerprint density at radius 3 is 2.28 bits per heavy atom. The van der Waals surface area contributed by atoms with Crippen molar-refractivity contribution in [1.29, 1.82) is 0 Å². The first-order valence-corrected chi connectivity index (χ1v) is 19.2. The van der Waals surface area contributed by atoms with E-state index < -0.39 is 42.3 Å². The lowest BCUT2D eigenvalue weighted by Crippen LogP contribution is -2.42. The molecule has 1 heterocycles. The van der Waals surface area contributed by atoms with Crippen LogP contribution in [0.5, 0.6) is 5.75 Å². The van der Waals surface area contributed by atoms with Gasteiger partial charge in [-0.2, -0.15) is 0 Å². The van der Waals surface area contributed by atoms with Gasteiger partial charge >= 0.3 is 5.97 Å². The van der Waals surface area contributed by atoms with Crippen LogP contribution in [-0.4, -0.2) is 51.5 Å². The first-order valence-electron chi connectivity index (χ1n) is 15.4. The van der Waals surface area contributed by atoms with Crippen LogP contribution in [0.2, 0.25) is 23.2 Å². The van der Waals surface area contributed by atoms with Crippen molar-refractivity contribution in [3.05, 3.63) is 68.0 Å². The van der Waals surface area contributed by atoms with Gasteiger partial charge < -0.3 is 23.8 Å². The third-order valence-corrected chi connectivity index (χ3v) is 13.9. The molecule has 0 aliphatic carbocycles. The van der Waals surface area contributed by atoms with Gasteiger partial charge in [0.1, 0.15) is 22.2 Å². The molecule has 0 saturated heterocycles. The molecule has 0 fully saturated rings. The maximum atomic E-state index is 15.4. The molecule has 0 bridgehead atoms. The summed E-state index contributed by atoms with van der Waals surface area (Å²) in [6, 6.07) is 4.06. The Morgan fingerprint density at radius 2 is 1.72 bits per heavy atom. The molecule has 1 atom stereocenters. The van der Waals surface area contributed by atoms with Gasteiger partial charge in [0, 0.05) is 36.4 Å². The highest BCUT2D eigenvalue weighted by atomic mass is 35.5. The van der Waals surface area contributed by atoms with Crippen molar-refractivity contribution in [3.63, 3.8) is 0 Å². The first-order chi connectivity index (χ1) is 21.9. The zero-order chi connectivity index (χ0) is 35.4. The summed E-state index contributed by atoms with van der Waals surface area (Å²) in [5.74, 6) is -2.85. The van der Waals surface area contributed by atoms with E-state index in [1.807, 2.05) is 18.4 Å². The topological polar surface area (TPSA) is 95.9 Å². The van der Waals surface area contributed by atoms with Gasteiger partial charge in [0.2, 0.25) is 11.3 Å². The quantitative estimate of drug-likeness (QED) is 0.0827. The largest absolute Gasteiger partial charge is 0.496 e. The number of nitrogens with one attached hydrogen (secondary N) is 1. The minimum absolute atomic E-state index is 0.0233. The van der Waals surface area contributed by atoms with E-state index in [-0.39, 0.29) is 57.9 Å². The lowest BCUT2D eigenvalue weighted by Gasteiger charge is -2.38. The second-order valence-electron chi connectivity index (χ2n) is 13.4. The summed E-state index contributed by atoms with van der Waals surface area (Å²) in [5.41, 5.74) is -0.246. The highest BCUT2D eigenvalue weighted by molar-refractivity contribution is 6.74. The van der Waals surface area contributed by atoms with Crippen molar-refractivity contribution in [1.82, 2.24) is 4.57 Å². The molecule has 1 amide bonds. The second-order valence-corrected chi connectivity index (χ2v) is 18.9. The van der Waals surface area contributed by atoms with Gasteiger partial charge in [-0.05, 0) is 53.7 Å². The van der Waals surface area contributed by atoms with Gasteiger partial charge in [0.05, 0.1) is 38.1 Å². The summed E-state index contributed by atoms with van der Waals surface area (Å²) >= 11 is 11.7. The number of halogens is 4. The summed E-state index contributed by atoms with van der Waals surface area (Å²) in [4.78, 5) is 38.9. The fourth-order valence-electron chi connectivity index (χ4n) is 4.91. The number of methoxy groups -OCH3 is 2. The van der Waals surface area contributed by atoms with Crippen molar-refractivity contribution in [3.8, 4) is 5.75 Å². The number of amides is 1. The van der Waals surface area contributed by atoms with Crippen molar-refractivity contribution in [2.75, 3.05) is 32.0 Å². The number of alkyl halides is 1. The minimum atomic E-state index is -2.17. The van der Waals surface area contributed by atoms with Crippen molar-refractivity contribution < 1.29 is 32.3 Å². The van der Waals surface area contributed by atoms with Gasteiger partial charge in [-0.1, -0.05) is 46.2 Å². The number of esters is 1. The normalized spacial score (nSPS) is 12.8. The van der Waals surface area contributed by atoms with Crippen LogP contribution in [0.3, 0.4) is 0 Å². The summed E-state index contributed by atoms with van der Waals surface area (Å²) in [6.45, 7) is 15.1. The maximum Gasteiger partial charge on any atom is 0.343 e. The van der Waals surface area contributed by atoms with Crippen LogP contribution in [0.15, 0.2) is 29.2 Å². The summed E-state index contributed by atoms with van der Waals surface area (Å²) in [5, 5.41) is 1.77. The molecule has 0 unspecified atom stereocenters. The molecule has 1 aromatic heterocycles. The third-order valence-electron chi connectivity index (χ3n) is 8.80. The van der Waals surface area contributed by atoms with Crippen molar-refractivity contribution >= 4 is 60.0 Å². The lowest BCUT2D eigenvalue weighted by atomic mass is 9.98. The number of nitrogens with zero attached hydrogens (tertiary/aromatic N) is 1. The van der Waals surface area contributed by atoms with E-state index >= 15 is 4.39 Å². The van der Waals surface area contributed by atoms with Crippen LogP contribution in [0.1, 0.15) is 75.0 Å². The zero-order valence-corrected chi connectivity index (χ0v) is 30.9. The number of aromatic nitrogens is 1. The molecule has 13 heteroatoms. The molecule has 258 valence electrons. The van der Waals surface area contributed by atoms with Gasteiger partial charge in [-0.25, -0.2) is 13.6 Å². The smallest absolute Gasteiger partial charge is 0.343 e. The van der Waals surface area contributed by atoms with E-state index in [1.54, 1.807) is 6.07 Å². The van der Waals surface area contributed by atoms with E-state index in [0.29, 0.717) is 29.9 Å². The first kappa shape index (κ1) is 38.5. The Morgan fingerprint density at radius 1 is 1.06 bits per heavy atom. The number of ether oxygens (including phenoxy) is 2. The van der Waals surface area contributed by atoms with Crippen LogP contribution < -0.4 is 15.5 Å². The number of pyridine rings is 1. The molecule has 0 aliphatic rings.